The Bertz CT molecular complexity index is 1370. The van der Waals surface area contributed by atoms with Gasteiger partial charge in [-0.2, -0.15) is 5.10 Å². The van der Waals surface area contributed by atoms with Gasteiger partial charge in [0.05, 0.1) is 17.6 Å². The molecular formula is C22H23F2N9O2. The van der Waals surface area contributed by atoms with Gasteiger partial charge in [-0.1, -0.05) is 0 Å². The molecule has 11 nitrogen and oxygen atoms in total. The fourth-order valence-corrected chi connectivity index (χ4v) is 4.11. The molecule has 1 aliphatic heterocycles. The van der Waals surface area contributed by atoms with Crippen LogP contribution in [0.3, 0.4) is 0 Å². The molecule has 1 amide bonds. The van der Waals surface area contributed by atoms with Crippen molar-refractivity contribution in [3.05, 3.63) is 43.1 Å². The summed E-state index contributed by atoms with van der Waals surface area (Å²) in [6.07, 6.45) is 3.87. The van der Waals surface area contributed by atoms with Crippen molar-refractivity contribution in [3.63, 3.8) is 0 Å². The molecule has 4 aromatic rings. The predicted molar refractivity (Wildman–Crippen MR) is 125 cm³/mol. The molecule has 1 aliphatic rings. The summed E-state index contributed by atoms with van der Waals surface area (Å²) in [5.41, 5.74) is 8.67. The van der Waals surface area contributed by atoms with Crippen LogP contribution in [0.5, 0.6) is 0 Å². The Balaban J connectivity index is 1.34. The number of carbonyl (C=O) groups excluding carboxylic acids is 1. The van der Waals surface area contributed by atoms with Gasteiger partial charge in [0.1, 0.15) is 35.9 Å². The van der Waals surface area contributed by atoms with E-state index < -0.39 is 25.3 Å². The number of hydrogen-bond acceptors (Lipinski definition) is 8. The van der Waals surface area contributed by atoms with Gasteiger partial charge in [-0.3, -0.25) is 9.48 Å². The molecule has 0 saturated carbocycles. The Labute approximate surface area is 198 Å². The van der Waals surface area contributed by atoms with Crippen LogP contribution in [0.4, 0.5) is 26.1 Å². The average molecular weight is 483 g/mol. The fraction of sp³-hybridized carbons (Fsp3) is 0.318. The number of aromatic nitrogens is 6. The van der Waals surface area contributed by atoms with E-state index in [1.807, 2.05) is 30.1 Å². The van der Waals surface area contributed by atoms with Gasteiger partial charge in [0.15, 0.2) is 0 Å². The molecule has 0 spiro atoms. The Morgan fingerprint density at radius 1 is 1.29 bits per heavy atom. The number of nitrogens with one attached hydrogen (secondary N) is 2. The first-order chi connectivity index (χ1) is 16.9. The normalized spacial score (nSPS) is 17.8. The van der Waals surface area contributed by atoms with Gasteiger partial charge < -0.3 is 25.7 Å². The van der Waals surface area contributed by atoms with E-state index in [2.05, 4.69) is 30.7 Å². The summed E-state index contributed by atoms with van der Waals surface area (Å²) in [6.45, 7) is -0.496. The molecule has 0 aromatic carbocycles. The lowest BCUT2D eigenvalue weighted by atomic mass is 10.2. The molecular weight excluding hydrogens is 460 g/mol. The number of anilines is 3. The lowest BCUT2D eigenvalue weighted by Gasteiger charge is -2.16. The zero-order valence-corrected chi connectivity index (χ0v) is 18.7. The second-order valence-corrected chi connectivity index (χ2v) is 8.13. The summed E-state index contributed by atoms with van der Waals surface area (Å²) >= 11 is 0. The van der Waals surface area contributed by atoms with Crippen molar-refractivity contribution >= 4 is 34.3 Å². The lowest BCUT2D eigenvalue weighted by molar-refractivity contribution is -0.128. The number of fused-ring (bicyclic) bond motifs is 1. The second kappa shape index (κ2) is 9.25. The summed E-state index contributed by atoms with van der Waals surface area (Å²) in [5, 5.41) is 10.4. The minimum atomic E-state index is -2.49. The average Bonchev–Trinajstić information content (AvgIpc) is 3.56. The molecule has 13 heteroatoms. The number of amides is 1. The summed E-state index contributed by atoms with van der Waals surface area (Å²) in [5.74, 6) is 0.195. The number of halogens is 2. The molecule has 0 bridgehead atoms. The van der Waals surface area contributed by atoms with Crippen LogP contribution in [0.2, 0.25) is 0 Å². The topological polar surface area (TPSA) is 138 Å². The molecule has 0 aliphatic carbocycles. The summed E-state index contributed by atoms with van der Waals surface area (Å²) < 4.78 is 34.5. The fourth-order valence-electron chi connectivity index (χ4n) is 4.11. The summed E-state index contributed by atoms with van der Waals surface area (Å²) in [7, 11) is 1.82. The van der Waals surface area contributed by atoms with Crippen molar-refractivity contribution in [2.75, 3.05) is 22.9 Å². The van der Waals surface area contributed by atoms with E-state index in [4.69, 9.17) is 10.5 Å². The number of rotatable bonds is 7. The third-order valence-electron chi connectivity index (χ3n) is 5.70. The van der Waals surface area contributed by atoms with Crippen molar-refractivity contribution in [2.24, 2.45) is 7.05 Å². The van der Waals surface area contributed by atoms with E-state index in [0.29, 0.717) is 35.4 Å². The Morgan fingerprint density at radius 3 is 2.91 bits per heavy atom. The van der Waals surface area contributed by atoms with Crippen molar-refractivity contribution in [3.8, 4) is 11.3 Å². The number of alkyl halides is 2. The van der Waals surface area contributed by atoms with Gasteiger partial charge in [-0.15, -0.1) is 0 Å². The number of pyridine rings is 1. The van der Waals surface area contributed by atoms with Crippen LogP contribution in [0.15, 0.2) is 43.1 Å². The highest BCUT2D eigenvalue weighted by molar-refractivity contribution is 6.00. The maximum atomic E-state index is 12.8. The van der Waals surface area contributed by atoms with E-state index in [1.165, 1.54) is 18.6 Å². The van der Waals surface area contributed by atoms with Crippen LogP contribution in [0.25, 0.3) is 22.3 Å². The molecule has 182 valence electrons. The number of nitrogens with two attached hydrogens (primary N) is 1. The number of hydrogen-bond donors (Lipinski definition) is 3. The number of nitrogen functional groups attached to an aromatic ring is 1. The standard InChI is InChI=1S/C22H23F2N9O2/c1-32-7-5-14(31-32)13-10-33(21-19(13)20(25)28-11-29-21)18-3-2-15(35-18)22(34)30-17-8-12(4-6-26-17)27-9-16(23)24/h4-8,10-11,15-16,18H,2-3,9H2,1H3,(H2,25,28,29)(H2,26,27,30,34). The maximum Gasteiger partial charge on any atom is 0.255 e. The molecule has 4 N–H and O–H groups in total. The molecule has 35 heavy (non-hydrogen) atoms. The second-order valence-electron chi connectivity index (χ2n) is 8.13. The predicted octanol–water partition coefficient (Wildman–Crippen LogP) is 2.80. The summed E-state index contributed by atoms with van der Waals surface area (Å²) in [6, 6.07) is 4.91. The molecule has 4 aromatic heterocycles. The number of ether oxygens (including phenoxy) is 1. The third-order valence-corrected chi connectivity index (χ3v) is 5.70. The van der Waals surface area contributed by atoms with E-state index >= 15 is 0 Å². The van der Waals surface area contributed by atoms with Crippen molar-refractivity contribution in [1.82, 2.24) is 29.3 Å². The molecule has 5 heterocycles. The first-order valence-corrected chi connectivity index (χ1v) is 10.9. The molecule has 1 fully saturated rings. The van der Waals surface area contributed by atoms with Gasteiger partial charge in [0, 0.05) is 43.0 Å². The molecule has 1 saturated heterocycles. The SMILES string of the molecule is Cn1ccc(-c2cn(C3CCC(C(=O)Nc4cc(NCC(F)F)ccn4)O3)c3ncnc(N)c23)n1. The highest BCUT2D eigenvalue weighted by atomic mass is 19.3. The summed E-state index contributed by atoms with van der Waals surface area (Å²) in [4.78, 5) is 25.4. The van der Waals surface area contributed by atoms with Crippen LogP contribution in [0.1, 0.15) is 19.1 Å². The maximum absolute atomic E-state index is 12.8. The highest BCUT2D eigenvalue weighted by Crippen LogP contribution is 2.37. The van der Waals surface area contributed by atoms with Gasteiger partial charge in [-0.05, 0) is 25.0 Å². The van der Waals surface area contributed by atoms with Crippen molar-refractivity contribution in [1.29, 1.82) is 0 Å². The van der Waals surface area contributed by atoms with Crippen LogP contribution in [0, 0.1) is 0 Å². The number of carbonyl (C=O) groups is 1. The zero-order chi connectivity index (χ0) is 24.5. The van der Waals surface area contributed by atoms with Crippen LogP contribution in [-0.2, 0) is 16.6 Å². The molecule has 2 atom stereocenters. The van der Waals surface area contributed by atoms with Crippen LogP contribution < -0.4 is 16.4 Å². The molecule has 2 unspecified atom stereocenters. The van der Waals surface area contributed by atoms with E-state index in [0.717, 1.165) is 11.3 Å². The Hall–Kier alpha value is -4.13. The van der Waals surface area contributed by atoms with Gasteiger partial charge in [0.25, 0.3) is 12.3 Å². The number of aryl methyl sites for hydroxylation is 1. The van der Waals surface area contributed by atoms with Crippen LogP contribution >= 0.6 is 0 Å². The van der Waals surface area contributed by atoms with Gasteiger partial charge in [0.2, 0.25) is 0 Å². The molecule has 0 radical (unpaired) electrons. The largest absolute Gasteiger partial charge is 0.383 e. The minimum absolute atomic E-state index is 0.241. The minimum Gasteiger partial charge on any atom is -0.383 e. The first-order valence-electron chi connectivity index (χ1n) is 10.9. The highest BCUT2D eigenvalue weighted by Gasteiger charge is 2.33. The zero-order valence-electron chi connectivity index (χ0n) is 18.7. The lowest BCUT2D eigenvalue weighted by Crippen LogP contribution is -2.28. The Morgan fingerprint density at radius 2 is 2.14 bits per heavy atom. The van der Waals surface area contributed by atoms with Gasteiger partial charge in [-0.25, -0.2) is 23.7 Å². The van der Waals surface area contributed by atoms with E-state index in [1.54, 1.807) is 10.7 Å². The monoisotopic (exact) mass is 483 g/mol. The van der Waals surface area contributed by atoms with Crippen molar-refractivity contribution in [2.45, 2.75) is 31.6 Å². The first kappa shape index (κ1) is 22.7. The quantitative estimate of drug-likeness (QED) is 0.365. The molecule has 5 rings (SSSR count). The Kier molecular flexibility index (Phi) is 5.99. The smallest absolute Gasteiger partial charge is 0.255 e. The van der Waals surface area contributed by atoms with E-state index in [9.17, 15) is 13.6 Å². The van der Waals surface area contributed by atoms with Crippen molar-refractivity contribution < 1.29 is 18.3 Å². The van der Waals surface area contributed by atoms with E-state index in [-0.39, 0.29) is 11.7 Å². The third kappa shape index (κ3) is 4.62. The van der Waals surface area contributed by atoms with Gasteiger partial charge >= 0.3 is 0 Å². The number of nitrogens with zero attached hydrogens (tertiary/aromatic N) is 6. The van der Waals surface area contributed by atoms with Crippen LogP contribution in [-0.4, -0.2) is 54.3 Å².